The fourth-order valence-corrected chi connectivity index (χ4v) is 0.533. The van der Waals surface area contributed by atoms with Crippen molar-refractivity contribution in [2.75, 3.05) is 11.8 Å². The molecule has 68 valence electrons. The SMILES string of the molecule is CCCCCCl.O=C(O)CCl. The smallest absolute Gasteiger partial charge is 0.318 e. The van der Waals surface area contributed by atoms with E-state index in [4.69, 9.17) is 28.3 Å². The summed E-state index contributed by atoms with van der Waals surface area (Å²) in [6.07, 6.45) is 3.73. The lowest BCUT2D eigenvalue weighted by molar-refractivity contribution is -0.134. The summed E-state index contributed by atoms with van der Waals surface area (Å²) in [7, 11) is 0. The van der Waals surface area contributed by atoms with E-state index in [1.807, 2.05) is 0 Å². The molecule has 0 aromatic rings. The summed E-state index contributed by atoms with van der Waals surface area (Å²) >= 11 is 10.1. The van der Waals surface area contributed by atoms with Crippen LogP contribution in [-0.2, 0) is 4.79 Å². The highest BCUT2D eigenvalue weighted by Crippen LogP contribution is 1.93. The molecule has 0 saturated heterocycles. The molecule has 0 heterocycles. The molecule has 11 heavy (non-hydrogen) atoms. The molecule has 0 fully saturated rings. The van der Waals surface area contributed by atoms with Gasteiger partial charge in [-0.05, 0) is 6.42 Å². The Morgan fingerprint density at radius 1 is 1.36 bits per heavy atom. The third-order valence-electron chi connectivity index (χ3n) is 0.851. The minimum absolute atomic E-state index is 0.306. The van der Waals surface area contributed by atoms with Crippen LogP contribution in [0.1, 0.15) is 26.2 Å². The van der Waals surface area contributed by atoms with Crippen LogP contribution in [0.25, 0.3) is 0 Å². The van der Waals surface area contributed by atoms with Crippen LogP contribution in [-0.4, -0.2) is 22.8 Å². The molecule has 0 saturated carbocycles. The van der Waals surface area contributed by atoms with Gasteiger partial charge in [-0.15, -0.1) is 23.2 Å². The number of carbonyl (C=O) groups is 1. The minimum Gasteiger partial charge on any atom is -0.480 e. The van der Waals surface area contributed by atoms with Gasteiger partial charge in [-0.25, -0.2) is 0 Å². The van der Waals surface area contributed by atoms with Gasteiger partial charge in [0, 0.05) is 5.88 Å². The summed E-state index contributed by atoms with van der Waals surface area (Å²) in [4.78, 5) is 9.24. The second-order valence-electron chi connectivity index (χ2n) is 1.92. The maximum absolute atomic E-state index is 9.24. The van der Waals surface area contributed by atoms with Gasteiger partial charge in [-0.3, -0.25) is 4.79 Å². The van der Waals surface area contributed by atoms with Crippen molar-refractivity contribution in [3.8, 4) is 0 Å². The summed E-state index contributed by atoms with van der Waals surface area (Å²) in [6, 6.07) is 0. The Balaban J connectivity index is 0. The highest BCUT2D eigenvalue weighted by atomic mass is 35.5. The number of unbranched alkanes of at least 4 members (excludes halogenated alkanes) is 2. The topological polar surface area (TPSA) is 37.3 Å². The third-order valence-corrected chi connectivity index (χ3v) is 1.35. The Bertz CT molecular complexity index is 82.5. The normalized spacial score (nSPS) is 8.27. The van der Waals surface area contributed by atoms with Crippen LogP contribution >= 0.6 is 23.2 Å². The maximum Gasteiger partial charge on any atom is 0.318 e. The van der Waals surface area contributed by atoms with Crippen LogP contribution in [0.15, 0.2) is 0 Å². The van der Waals surface area contributed by atoms with Crippen LogP contribution < -0.4 is 0 Å². The van der Waals surface area contributed by atoms with Crippen molar-refractivity contribution < 1.29 is 9.90 Å². The van der Waals surface area contributed by atoms with Crippen molar-refractivity contribution in [1.29, 1.82) is 0 Å². The number of hydrogen-bond donors (Lipinski definition) is 1. The van der Waals surface area contributed by atoms with E-state index in [1.165, 1.54) is 19.3 Å². The molecule has 0 unspecified atom stereocenters. The van der Waals surface area contributed by atoms with Crippen molar-refractivity contribution in [3.05, 3.63) is 0 Å². The quantitative estimate of drug-likeness (QED) is 0.560. The number of alkyl halides is 2. The Morgan fingerprint density at radius 3 is 1.91 bits per heavy atom. The molecule has 0 rings (SSSR count). The average molecular weight is 201 g/mol. The molecule has 0 atom stereocenters. The van der Waals surface area contributed by atoms with E-state index in [-0.39, 0.29) is 5.88 Å². The molecule has 0 aliphatic rings. The van der Waals surface area contributed by atoms with Gasteiger partial charge in [0.1, 0.15) is 5.88 Å². The maximum atomic E-state index is 9.24. The Hall–Kier alpha value is 0.0500. The zero-order chi connectivity index (χ0) is 9.11. The Kier molecular flexibility index (Phi) is 15.7. The van der Waals surface area contributed by atoms with E-state index in [2.05, 4.69) is 6.92 Å². The van der Waals surface area contributed by atoms with Crippen LogP contribution in [0.5, 0.6) is 0 Å². The largest absolute Gasteiger partial charge is 0.480 e. The summed E-state index contributed by atoms with van der Waals surface area (Å²) in [6.45, 7) is 2.17. The van der Waals surface area contributed by atoms with Crippen molar-refractivity contribution in [3.63, 3.8) is 0 Å². The molecule has 2 nitrogen and oxygen atoms in total. The number of aliphatic carboxylic acids is 1. The van der Waals surface area contributed by atoms with Crippen molar-refractivity contribution >= 4 is 29.2 Å². The third kappa shape index (κ3) is 25.5. The molecular weight excluding hydrogens is 187 g/mol. The lowest BCUT2D eigenvalue weighted by Gasteiger charge is -1.84. The molecule has 0 spiro atoms. The second-order valence-corrected chi connectivity index (χ2v) is 2.57. The highest BCUT2D eigenvalue weighted by Gasteiger charge is 1.83. The summed E-state index contributed by atoms with van der Waals surface area (Å²) in [5.41, 5.74) is 0. The van der Waals surface area contributed by atoms with E-state index in [9.17, 15) is 4.79 Å². The molecule has 0 amide bonds. The highest BCUT2D eigenvalue weighted by molar-refractivity contribution is 6.26. The molecule has 0 aliphatic carbocycles. The predicted octanol–water partition coefficient (Wildman–Crippen LogP) is 2.73. The molecule has 0 bridgehead atoms. The minimum atomic E-state index is -0.980. The van der Waals surface area contributed by atoms with Crippen LogP contribution in [0, 0.1) is 0 Å². The monoisotopic (exact) mass is 200 g/mol. The fourth-order valence-electron chi connectivity index (χ4n) is 0.344. The Labute approximate surface area is 77.5 Å². The van der Waals surface area contributed by atoms with Crippen LogP contribution in [0.2, 0.25) is 0 Å². The average Bonchev–Trinajstić information content (AvgIpc) is 2.02. The number of rotatable bonds is 4. The standard InChI is InChI=1S/C5H11Cl.C2H3ClO2/c1-2-3-4-5-6;3-1-2(4)5/h2-5H2,1H3;1H2,(H,4,5). The fraction of sp³-hybridized carbons (Fsp3) is 0.857. The summed E-state index contributed by atoms with van der Waals surface area (Å²) in [5.74, 6) is -0.458. The van der Waals surface area contributed by atoms with Crippen LogP contribution in [0.4, 0.5) is 0 Å². The van der Waals surface area contributed by atoms with Gasteiger partial charge < -0.3 is 5.11 Å². The van der Waals surface area contributed by atoms with Gasteiger partial charge in [0.25, 0.3) is 0 Å². The molecule has 0 radical (unpaired) electrons. The second kappa shape index (κ2) is 12.7. The van der Waals surface area contributed by atoms with Gasteiger partial charge in [-0.1, -0.05) is 19.8 Å². The van der Waals surface area contributed by atoms with E-state index in [0.29, 0.717) is 0 Å². The lowest BCUT2D eigenvalue weighted by Crippen LogP contribution is -1.92. The van der Waals surface area contributed by atoms with Gasteiger partial charge in [-0.2, -0.15) is 0 Å². The number of hydrogen-bond acceptors (Lipinski definition) is 1. The molecular formula is C7H14Cl2O2. The first-order valence-corrected chi connectivity index (χ1v) is 4.59. The van der Waals surface area contributed by atoms with E-state index < -0.39 is 5.97 Å². The lowest BCUT2D eigenvalue weighted by atomic mass is 10.3. The number of carboxylic acid groups (broad SMARTS) is 1. The molecule has 0 aliphatic heterocycles. The first-order chi connectivity index (χ1) is 5.18. The van der Waals surface area contributed by atoms with Crippen molar-refractivity contribution in [2.45, 2.75) is 26.2 Å². The molecule has 4 heteroatoms. The van der Waals surface area contributed by atoms with Gasteiger partial charge in [0.05, 0.1) is 0 Å². The van der Waals surface area contributed by atoms with E-state index in [0.717, 1.165) is 5.88 Å². The number of halogens is 2. The van der Waals surface area contributed by atoms with Crippen molar-refractivity contribution in [2.24, 2.45) is 0 Å². The van der Waals surface area contributed by atoms with Gasteiger partial charge >= 0.3 is 5.97 Å². The van der Waals surface area contributed by atoms with E-state index in [1.54, 1.807) is 0 Å². The summed E-state index contributed by atoms with van der Waals surface area (Å²) < 4.78 is 0. The molecule has 1 N–H and O–H groups in total. The first kappa shape index (κ1) is 13.6. The van der Waals surface area contributed by atoms with E-state index >= 15 is 0 Å². The molecule has 0 aromatic heterocycles. The van der Waals surface area contributed by atoms with Gasteiger partial charge in [0.15, 0.2) is 0 Å². The summed E-state index contributed by atoms with van der Waals surface area (Å²) in [5, 5.41) is 7.59. The Morgan fingerprint density at radius 2 is 1.82 bits per heavy atom. The first-order valence-electron chi connectivity index (χ1n) is 3.52. The van der Waals surface area contributed by atoms with Crippen molar-refractivity contribution in [1.82, 2.24) is 0 Å². The number of carboxylic acids is 1. The zero-order valence-electron chi connectivity index (χ0n) is 6.65. The van der Waals surface area contributed by atoms with Gasteiger partial charge in [0.2, 0.25) is 0 Å². The molecule has 0 aromatic carbocycles. The van der Waals surface area contributed by atoms with Crippen LogP contribution in [0.3, 0.4) is 0 Å². The zero-order valence-corrected chi connectivity index (χ0v) is 8.16. The predicted molar refractivity (Wildman–Crippen MR) is 48.6 cm³/mol.